The van der Waals surface area contributed by atoms with E-state index in [2.05, 4.69) is 10.3 Å². The zero-order valence-corrected chi connectivity index (χ0v) is 16.3. The van der Waals surface area contributed by atoms with Crippen LogP contribution >= 0.6 is 11.8 Å². The van der Waals surface area contributed by atoms with Crippen molar-refractivity contribution in [3.8, 4) is 0 Å². The van der Waals surface area contributed by atoms with Crippen molar-refractivity contribution in [1.29, 1.82) is 0 Å². The van der Waals surface area contributed by atoms with Gasteiger partial charge in [-0.05, 0) is 29.8 Å². The molecule has 0 aliphatic heterocycles. The molecule has 0 bridgehead atoms. The largest absolute Gasteiger partial charge is 0.325 e. The highest BCUT2D eigenvalue weighted by molar-refractivity contribution is 8.00. The molecule has 4 nitrogen and oxygen atoms in total. The standard InChI is InChI=1S/C23H18FN3OS/c24-17-9-6-10-18(14-17)25-22(28)15-29-23-19-11-4-5-12-20(19)26-21(27-23)13-16-7-2-1-3-8-16/h1-12,14H,13,15H2,(H,25,28). The highest BCUT2D eigenvalue weighted by Crippen LogP contribution is 2.26. The number of benzene rings is 3. The number of aromatic nitrogens is 2. The summed E-state index contributed by atoms with van der Waals surface area (Å²) in [6.45, 7) is 0. The lowest BCUT2D eigenvalue weighted by molar-refractivity contribution is -0.113. The number of hydrogen-bond donors (Lipinski definition) is 1. The van der Waals surface area contributed by atoms with E-state index in [4.69, 9.17) is 4.98 Å². The van der Waals surface area contributed by atoms with Gasteiger partial charge in [-0.3, -0.25) is 4.79 Å². The Labute approximate surface area is 172 Å². The molecule has 4 aromatic rings. The maximum absolute atomic E-state index is 13.3. The number of carbonyl (C=O) groups excluding carboxylic acids is 1. The molecule has 0 saturated heterocycles. The number of carbonyl (C=O) groups is 1. The minimum atomic E-state index is -0.386. The number of nitrogens with zero attached hydrogens (tertiary/aromatic N) is 2. The average molecular weight is 403 g/mol. The molecular weight excluding hydrogens is 385 g/mol. The predicted octanol–water partition coefficient (Wildman–Crippen LogP) is 5.09. The second kappa shape index (κ2) is 8.84. The van der Waals surface area contributed by atoms with Crippen molar-refractivity contribution in [2.24, 2.45) is 0 Å². The Bertz CT molecular complexity index is 1150. The normalized spacial score (nSPS) is 10.8. The molecule has 0 aliphatic rings. The molecule has 0 saturated carbocycles. The third kappa shape index (κ3) is 4.97. The third-order valence-electron chi connectivity index (χ3n) is 4.27. The van der Waals surface area contributed by atoms with Gasteiger partial charge in [-0.15, -0.1) is 0 Å². The second-order valence-electron chi connectivity index (χ2n) is 6.47. The zero-order valence-electron chi connectivity index (χ0n) is 15.5. The molecule has 0 fully saturated rings. The van der Waals surface area contributed by atoms with Crippen molar-refractivity contribution in [2.75, 3.05) is 11.1 Å². The molecule has 0 atom stereocenters. The predicted molar refractivity (Wildman–Crippen MR) is 115 cm³/mol. The van der Waals surface area contributed by atoms with Gasteiger partial charge in [0.2, 0.25) is 5.91 Å². The first-order valence-corrected chi connectivity index (χ1v) is 10.1. The Kier molecular flexibility index (Phi) is 5.81. The number of fused-ring (bicyclic) bond motifs is 1. The number of hydrogen-bond acceptors (Lipinski definition) is 4. The van der Waals surface area contributed by atoms with E-state index in [0.29, 0.717) is 17.9 Å². The van der Waals surface area contributed by atoms with E-state index in [1.165, 1.54) is 23.9 Å². The maximum Gasteiger partial charge on any atom is 0.234 e. The summed E-state index contributed by atoms with van der Waals surface area (Å²) in [6, 6.07) is 23.6. The van der Waals surface area contributed by atoms with E-state index < -0.39 is 0 Å². The van der Waals surface area contributed by atoms with Crippen LogP contribution in [0, 0.1) is 5.82 Å². The van der Waals surface area contributed by atoms with Gasteiger partial charge in [0, 0.05) is 17.5 Å². The van der Waals surface area contributed by atoms with Gasteiger partial charge >= 0.3 is 0 Å². The third-order valence-corrected chi connectivity index (χ3v) is 5.26. The molecule has 0 radical (unpaired) electrons. The fourth-order valence-corrected chi connectivity index (χ4v) is 3.80. The Morgan fingerprint density at radius 2 is 1.72 bits per heavy atom. The molecule has 1 amide bonds. The number of thioether (sulfide) groups is 1. The van der Waals surface area contributed by atoms with Crippen LogP contribution < -0.4 is 5.32 Å². The van der Waals surface area contributed by atoms with E-state index in [-0.39, 0.29) is 17.5 Å². The van der Waals surface area contributed by atoms with E-state index in [0.717, 1.165) is 21.5 Å². The van der Waals surface area contributed by atoms with E-state index >= 15 is 0 Å². The van der Waals surface area contributed by atoms with Gasteiger partial charge in [0.15, 0.2) is 0 Å². The van der Waals surface area contributed by atoms with Crippen LogP contribution in [0.25, 0.3) is 10.9 Å². The van der Waals surface area contributed by atoms with Gasteiger partial charge in [-0.1, -0.05) is 66.4 Å². The van der Waals surface area contributed by atoms with Crippen LogP contribution in [0.15, 0.2) is 83.9 Å². The molecule has 0 unspecified atom stereocenters. The number of halogens is 1. The van der Waals surface area contributed by atoms with Gasteiger partial charge in [-0.25, -0.2) is 14.4 Å². The van der Waals surface area contributed by atoms with E-state index in [1.54, 1.807) is 12.1 Å². The summed E-state index contributed by atoms with van der Waals surface area (Å²) in [4.78, 5) is 21.7. The number of para-hydroxylation sites is 1. The lowest BCUT2D eigenvalue weighted by Gasteiger charge is -2.09. The van der Waals surface area contributed by atoms with Crippen molar-refractivity contribution in [1.82, 2.24) is 9.97 Å². The highest BCUT2D eigenvalue weighted by Gasteiger charge is 2.11. The van der Waals surface area contributed by atoms with Crippen molar-refractivity contribution >= 4 is 34.3 Å². The molecule has 4 rings (SSSR count). The summed E-state index contributed by atoms with van der Waals surface area (Å²) < 4.78 is 13.3. The van der Waals surface area contributed by atoms with Gasteiger partial charge in [0.25, 0.3) is 0 Å². The number of nitrogens with one attached hydrogen (secondary N) is 1. The lowest BCUT2D eigenvalue weighted by Crippen LogP contribution is -2.14. The highest BCUT2D eigenvalue weighted by atomic mass is 32.2. The van der Waals surface area contributed by atoms with Crippen LogP contribution in [0.4, 0.5) is 10.1 Å². The molecular formula is C23H18FN3OS. The second-order valence-corrected chi connectivity index (χ2v) is 7.44. The summed E-state index contributed by atoms with van der Waals surface area (Å²) in [5.74, 6) is 0.279. The van der Waals surface area contributed by atoms with Gasteiger partial charge in [0.05, 0.1) is 11.3 Å². The van der Waals surface area contributed by atoms with Gasteiger partial charge in [0.1, 0.15) is 16.7 Å². The topological polar surface area (TPSA) is 54.9 Å². The van der Waals surface area contributed by atoms with Crippen molar-refractivity contribution < 1.29 is 9.18 Å². The van der Waals surface area contributed by atoms with Crippen LogP contribution in [0.2, 0.25) is 0 Å². The minimum Gasteiger partial charge on any atom is -0.325 e. The van der Waals surface area contributed by atoms with Crippen molar-refractivity contribution in [3.63, 3.8) is 0 Å². The van der Waals surface area contributed by atoms with Crippen LogP contribution in [0.3, 0.4) is 0 Å². The molecule has 144 valence electrons. The molecule has 29 heavy (non-hydrogen) atoms. The summed E-state index contributed by atoms with van der Waals surface area (Å²) in [6.07, 6.45) is 0.620. The summed E-state index contributed by atoms with van der Waals surface area (Å²) in [5, 5.41) is 4.38. The van der Waals surface area contributed by atoms with Gasteiger partial charge in [-0.2, -0.15) is 0 Å². The number of anilines is 1. The summed E-state index contributed by atoms with van der Waals surface area (Å²) in [7, 11) is 0. The Hall–Kier alpha value is -3.25. The summed E-state index contributed by atoms with van der Waals surface area (Å²) >= 11 is 1.35. The average Bonchev–Trinajstić information content (AvgIpc) is 2.73. The molecule has 1 N–H and O–H groups in total. The Morgan fingerprint density at radius 3 is 2.55 bits per heavy atom. The first-order valence-electron chi connectivity index (χ1n) is 9.15. The van der Waals surface area contributed by atoms with Crippen molar-refractivity contribution in [2.45, 2.75) is 11.4 Å². The Morgan fingerprint density at radius 1 is 0.931 bits per heavy atom. The fourth-order valence-electron chi connectivity index (χ4n) is 2.96. The maximum atomic E-state index is 13.3. The number of amides is 1. The first-order chi connectivity index (χ1) is 14.2. The van der Waals surface area contributed by atoms with Crippen LogP contribution in [0.1, 0.15) is 11.4 Å². The fraction of sp³-hybridized carbons (Fsp3) is 0.0870. The lowest BCUT2D eigenvalue weighted by atomic mass is 10.1. The Balaban J connectivity index is 1.53. The van der Waals surface area contributed by atoms with Gasteiger partial charge < -0.3 is 5.32 Å². The zero-order chi connectivity index (χ0) is 20.1. The number of rotatable bonds is 6. The molecule has 1 heterocycles. The SMILES string of the molecule is O=C(CSc1nc(Cc2ccccc2)nc2ccccc12)Nc1cccc(F)c1. The smallest absolute Gasteiger partial charge is 0.234 e. The first kappa shape index (κ1) is 19.1. The molecule has 0 spiro atoms. The monoisotopic (exact) mass is 403 g/mol. The van der Waals surface area contributed by atoms with Crippen LogP contribution in [-0.4, -0.2) is 21.6 Å². The molecule has 3 aromatic carbocycles. The minimum absolute atomic E-state index is 0.169. The molecule has 0 aliphatic carbocycles. The van der Waals surface area contributed by atoms with E-state index in [9.17, 15) is 9.18 Å². The summed E-state index contributed by atoms with van der Waals surface area (Å²) in [5.41, 5.74) is 2.41. The van der Waals surface area contributed by atoms with Crippen molar-refractivity contribution in [3.05, 3.63) is 96.1 Å². The molecule has 6 heteroatoms. The van der Waals surface area contributed by atoms with Crippen LogP contribution in [-0.2, 0) is 11.2 Å². The molecule has 1 aromatic heterocycles. The van der Waals surface area contributed by atoms with Crippen LogP contribution in [0.5, 0.6) is 0 Å². The van der Waals surface area contributed by atoms with E-state index in [1.807, 2.05) is 54.6 Å². The quantitative estimate of drug-likeness (QED) is 0.360.